The lowest BCUT2D eigenvalue weighted by Gasteiger charge is -2.21. The monoisotopic (exact) mass is 258 g/mol. The number of rotatable bonds is 3. The number of aromatic nitrogens is 2. The Kier molecular flexibility index (Phi) is 3.66. The highest BCUT2D eigenvalue weighted by Crippen LogP contribution is 2.18. The van der Waals surface area contributed by atoms with Crippen molar-refractivity contribution in [1.29, 1.82) is 0 Å². The summed E-state index contributed by atoms with van der Waals surface area (Å²) in [5.74, 6) is -0.156. The molecule has 5 nitrogen and oxygen atoms in total. The van der Waals surface area contributed by atoms with E-state index in [4.69, 9.17) is 5.73 Å². The second kappa shape index (κ2) is 5.24. The van der Waals surface area contributed by atoms with Gasteiger partial charge in [0.05, 0.1) is 6.20 Å². The van der Waals surface area contributed by atoms with Gasteiger partial charge in [0.2, 0.25) is 5.91 Å². The zero-order chi connectivity index (χ0) is 14.0. The van der Waals surface area contributed by atoms with Crippen LogP contribution in [0.2, 0.25) is 0 Å². The molecule has 1 aromatic heterocycles. The average molecular weight is 258 g/mol. The molecule has 0 aliphatic heterocycles. The van der Waals surface area contributed by atoms with E-state index in [0.717, 1.165) is 11.3 Å². The minimum absolute atomic E-state index is 0.156. The fraction of sp³-hybridized carbons (Fsp3) is 0.286. The first-order valence-corrected chi connectivity index (χ1v) is 6.07. The van der Waals surface area contributed by atoms with E-state index in [0.29, 0.717) is 5.56 Å². The molecule has 0 aliphatic carbocycles. The molecule has 5 heteroatoms. The molecule has 1 aromatic carbocycles. The lowest BCUT2D eigenvalue weighted by Crippen LogP contribution is -2.35. The van der Waals surface area contributed by atoms with E-state index in [9.17, 15) is 4.79 Å². The molecule has 0 saturated heterocycles. The van der Waals surface area contributed by atoms with Gasteiger partial charge in [0.25, 0.3) is 0 Å². The highest BCUT2D eigenvalue weighted by Gasteiger charge is 2.21. The van der Waals surface area contributed by atoms with Crippen LogP contribution in [0, 0.1) is 6.92 Å². The molecule has 0 bridgehead atoms. The SMILES string of the molecule is Cc1ccc(N(C)C(=O)C(N)c2cnn(C)c2)cc1. The van der Waals surface area contributed by atoms with Crippen LogP contribution in [-0.2, 0) is 11.8 Å². The average Bonchev–Trinajstić information content (AvgIpc) is 2.84. The van der Waals surface area contributed by atoms with Crippen LogP contribution in [0.3, 0.4) is 0 Å². The summed E-state index contributed by atoms with van der Waals surface area (Å²) in [5.41, 5.74) is 8.67. The predicted octanol–water partition coefficient (Wildman–Crippen LogP) is 1.39. The molecular formula is C14H18N4O. The van der Waals surface area contributed by atoms with Crippen molar-refractivity contribution in [3.8, 4) is 0 Å². The van der Waals surface area contributed by atoms with E-state index in [1.807, 2.05) is 31.2 Å². The van der Waals surface area contributed by atoms with E-state index >= 15 is 0 Å². The third-order valence-electron chi connectivity index (χ3n) is 3.10. The Bertz CT molecular complexity index is 573. The number of carbonyl (C=O) groups excluding carboxylic acids is 1. The summed E-state index contributed by atoms with van der Waals surface area (Å²) in [6, 6.07) is 7.05. The van der Waals surface area contributed by atoms with E-state index in [2.05, 4.69) is 5.10 Å². The topological polar surface area (TPSA) is 64.2 Å². The van der Waals surface area contributed by atoms with Crippen molar-refractivity contribution in [2.75, 3.05) is 11.9 Å². The van der Waals surface area contributed by atoms with Gasteiger partial charge in [-0.25, -0.2) is 0 Å². The van der Waals surface area contributed by atoms with Gasteiger partial charge in [0, 0.05) is 31.5 Å². The number of hydrogen-bond donors (Lipinski definition) is 1. The van der Waals surface area contributed by atoms with Gasteiger partial charge in [0.1, 0.15) is 6.04 Å². The third kappa shape index (κ3) is 2.82. The molecule has 100 valence electrons. The molecule has 2 rings (SSSR count). The van der Waals surface area contributed by atoms with Crippen molar-refractivity contribution in [3.05, 3.63) is 47.8 Å². The summed E-state index contributed by atoms with van der Waals surface area (Å²) in [7, 11) is 3.52. The summed E-state index contributed by atoms with van der Waals surface area (Å²) >= 11 is 0. The van der Waals surface area contributed by atoms with Gasteiger partial charge in [0.15, 0.2) is 0 Å². The second-order valence-corrected chi connectivity index (χ2v) is 4.66. The fourth-order valence-electron chi connectivity index (χ4n) is 1.85. The minimum Gasteiger partial charge on any atom is -0.316 e. The van der Waals surface area contributed by atoms with Crippen LogP contribution in [0.25, 0.3) is 0 Å². The Morgan fingerprint density at radius 1 is 1.37 bits per heavy atom. The lowest BCUT2D eigenvalue weighted by atomic mass is 10.1. The number of amides is 1. The van der Waals surface area contributed by atoms with Crippen molar-refractivity contribution in [1.82, 2.24) is 9.78 Å². The summed E-state index contributed by atoms with van der Waals surface area (Å²) < 4.78 is 1.63. The van der Waals surface area contributed by atoms with E-state index < -0.39 is 6.04 Å². The molecule has 19 heavy (non-hydrogen) atoms. The van der Waals surface area contributed by atoms with Crippen LogP contribution in [0.5, 0.6) is 0 Å². The molecule has 0 aliphatic rings. The first-order chi connectivity index (χ1) is 8.99. The third-order valence-corrected chi connectivity index (χ3v) is 3.10. The lowest BCUT2D eigenvalue weighted by molar-refractivity contribution is -0.119. The molecule has 0 radical (unpaired) electrons. The summed E-state index contributed by atoms with van der Waals surface area (Å²) in [6.07, 6.45) is 3.37. The standard InChI is InChI=1S/C14H18N4O/c1-10-4-6-12(7-5-10)18(3)14(19)13(15)11-8-16-17(2)9-11/h4-9,13H,15H2,1-3H3. The number of nitrogens with two attached hydrogens (primary N) is 1. The van der Waals surface area contributed by atoms with Gasteiger partial charge < -0.3 is 10.6 Å². The van der Waals surface area contributed by atoms with Crippen LogP contribution in [-0.4, -0.2) is 22.7 Å². The van der Waals surface area contributed by atoms with E-state index in [1.54, 1.807) is 36.1 Å². The molecule has 1 unspecified atom stereocenters. The van der Waals surface area contributed by atoms with Gasteiger partial charge in [-0.15, -0.1) is 0 Å². The summed E-state index contributed by atoms with van der Waals surface area (Å²) in [5, 5.41) is 4.03. The van der Waals surface area contributed by atoms with Crippen molar-refractivity contribution in [2.45, 2.75) is 13.0 Å². The van der Waals surface area contributed by atoms with Crippen molar-refractivity contribution >= 4 is 11.6 Å². The van der Waals surface area contributed by atoms with Crippen LogP contribution in [0.1, 0.15) is 17.2 Å². The number of likely N-dealkylation sites (N-methyl/N-ethyl adjacent to an activating group) is 1. The molecular weight excluding hydrogens is 240 g/mol. The smallest absolute Gasteiger partial charge is 0.248 e. The molecule has 2 aromatic rings. The van der Waals surface area contributed by atoms with E-state index in [-0.39, 0.29) is 5.91 Å². The fourth-order valence-corrected chi connectivity index (χ4v) is 1.85. The zero-order valence-corrected chi connectivity index (χ0v) is 11.4. The first-order valence-electron chi connectivity index (χ1n) is 6.07. The number of nitrogens with zero attached hydrogens (tertiary/aromatic N) is 3. The summed E-state index contributed by atoms with van der Waals surface area (Å²) in [4.78, 5) is 13.9. The maximum absolute atomic E-state index is 12.3. The maximum atomic E-state index is 12.3. The van der Waals surface area contributed by atoms with Crippen molar-refractivity contribution in [3.63, 3.8) is 0 Å². The first kappa shape index (κ1) is 13.3. The van der Waals surface area contributed by atoms with Crippen molar-refractivity contribution in [2.24, 2.45) is 12.8 Å². The second-order valence-electron chi connectivity index (χ2n) is 4.66. The van der Waals surface area contributed by atoms with Gasteiger partial charge in [-0.2, -0.15) is 5.10 Å². The van der Waals surface area contributed by atoms with Gasteiger partial charge >= 0.3 is 0 Å². The molecule has 1 heterocycles. The minimum atomic E-state index is -0.694. The quantitative estimate of drug-likeness (QED) is 0.905. The molecule has 0 fully saturated rings. The number of anilines is 1. The number of carbonyl (C=O) groups is 1. The Labute approximate surface area is 112 Å². The van der Waals surface area contributed by atoms with Gasteiger partial charge in [-0.1, -0.05) is 17.7 Å². The number of aryl methyl sites for hydroxylation is 2. The predicted molar refractivity (Wildman–Crippen MR) is 74.7 cm³/mol. The van der Waals surface area contributed by atoms with Crippen LogP contribution >= 0.6 is 0 Å². The normalized spacial score (nSPS) is 12.2. The molecule has 2 N–H and O–H groups in total. The maximum Gasteiger partial charge on any atom is 0.248 e. The zero-order valence-electron chi connectivity index (χ0n) is 11.4. The van der Waals surface area contributed by atoms with Crippen LogP contribution < -0.4 is 10.6 Å². The Morgan fingerprint density at radius 3 is 2.53 bits per heavy atom. The molecule has 0 saturated carbocycles. The highest BCUT2D eigenvalue weighted by atomic mass is 16.2. The largest absolute Gasteiger partial charge is 0.316 e. The molecule has 1 amide bonds. The Hall–Kier alpha value is -2.14. The number of benzene rings is 1. The summed E-state index contributed by atoms with van der Waals surface area (Å²) in [6.45, 7) is 2.01. The van der Waals surface area contributed by atoms with Gasteiger partial charge in [-0.3, -0.25) is 9.48 Å². The Balaban J connectivity index is 2.17. The molecule has 0 spiro atoms. The molecule has 1 atom stereocenters. The number of hydrogen-bond acceptors (Lipinski definition) is 3. The highest BCUT2D eigenvalue weighted by molar-refractivity contribution is 5.97. The van der Waals surface area contributed by atoms with Crippen LogP contribution in [0.4, 0.5) is 5.69 Å². The Morgan fingerprint density at radius 2 is 2.00 bits per heavy atom. The van der Waals surface area contributed by atoms with E-state index in [1.165, 1.54) is 0 Å². The van der Waals surface area contributed by atoms with Crippen LogP contribution in [0.15, 0.2) is 36.7 Å². The van der Waals surface area contributed by atoms with Gasteiger partial charge in [-0.05, 0) is 19.1 Å². The van der Waals surface area contributed by atoms with Crippen molar-refractivity contribution < 1.29 is 4.79 Å².